The predicted molar refractivity (Wildman–Crippen MR) is 47.8 cm³/mol. The van der Waals surface area contributed by atoms with Crippen LogP contribution in [0.2, 0.25) is 0 Å². The smallest absolute Gasteiger partial charge is 0.123 e. The van der Waals surface area contributed by atoms with Gasteiger partial charge in [-0.15, -0.1) is 0 Å². The minimum atomic E-state index is -0.387. The third-order valence-corrected chi connectivity index (χ3v) is 2.40. The maximum absolute atomic E-state index is 12.8. The molecule has 13 heavy (non-hydrogen) atoms. The van der Waals surface area contributed by atoms with Gasteiger partial charge in [0.15, 0.2) is 0 Å². The van der Waals surface area contributed by atoms with Crippen LogP contribution in [0, 0.1) is 5.82 Å². The van der Waals surface area contributed by atoms with Gasteiger partial charge in [-0.3, -0.25) is 0 Å². The van der Waals surface area contributed by atoms with E-state index in [4.69, 9.17) is 0 Å². The normalized spacial score (nSPS) is 27.8. The van der Waals surface area contributed by atoms with Crippen LogP contribution in [0.5, 0.6) is 0 Å². The quantitative estimate of drug-likeness (QED) is 0.682. The topological polar surface area (TPSA) is 32.3 Å². The Labute approximate surface area is 76.4 Å². The summed E-state index contributed by atoms with van der Waals surface area (Å²) in [4.78, 5) is 0. The molecule has 1 aromatic carbocycles. The van der Waals surface area contributed by atoms with E-state index in [9.17, 15) is 9.50 Å². The maximum Gasteiger partial charge on any atom is 0.123 e. The Morgan fingerprint density at radius 2 is 2.31 bits per heavy atom. The van der Waals surface area contributed by atoms with E-state index >= 15 is 0 Å². The van der Waals surface area contributed by atoms with Crippen molar-refractivity contribution < 1.29 is 9.50 Å². The highest BCUT2D eigenvalue weighted by molar-refractivity contribution is 5.22. The second-order valence-electron chi connectivity index (χ2n) is 3.34. The van der Waals surface area contributed by atoms with Gasteiger partial charge in [-0.2, -0.15) is 0 Å². The first-order valence-electron chi connectivity index (χ1n) is 4.44. The summed E-state index contributed by atoms with van der Waals surface area (Å²) in [6.45, 7) is 0.794. The molecular weight excluding hydrogens is 169 g/mol. The summed E-state index contributed by atoms with van der Waals surface area (Å²) in [7, 11) is 0. The Hall–Kier alpha value is -0.930. The molecule has 1 aliphatic rings. The summed E-state index contributed by atoms with van der Waals surface area (Å²) < 4.78 is 12.8. The summed E-state index contributed by atoms with van der Waals surface area (Å²) in [5.41, 5.74) is 0.824. The first kappa shape index (κ1) is 8.66. The van der Waals surface area contributed by atoms with Crippen LogP contribution in [0.15, 0.2) is 24.3 Å². The van der Waals surface area contributed by atoms with Crippen molar-refractivity contribution in [1.29, 1.82) is 0 Å². The zero-order valence-corrected chi connectivity index (χ0v) is 7.20. The molecule has 2 atom stereocenters. The number of aliphatic hydroxyl groups excluding tert-OH is 1. The van der Waals surface area contributed by atoms with Gasteiger partial charge in [0.2, 0.25) is 0 Å². The summed E-state index contributed by atoms with van der Waals surface area (Å²) in [6.07, 6.45) is 0.350. The van der Waals surface area contributed by atoms with Crippen LogP contribution < -0.4 is 5.32 Å². The average Bonchev–Trinajstić information content (AvgIpc) is 2.51. The molecule has 0 aromatic heterocycles. The lowest BCUT2D eigenvalue weighted by Gasteiger charge is -2.14. The van der Waals surface area contributed by atoms with Crippen molar-refractivity contribution in [1.82, 2.24) is 5.32 Å². The van der Waals surface area contributed by atoms with Gasteiger partial charge < -0.3 is 10.4 Å². The lowest BCUT2D eigenvalue weighted by Crippen LogP contribution is -2.20. The summed E-state index contributed by atoms with van der Waals surface area (Å²) in [5.74, 6) is -0.251. The molecule has 1 aromatic rings. The van der Waals surface area contributed by atoms with Crippen molar-refractivity contribution in [3.63, 3.8) is 0 Å². The molecule has 1 heterocycles. The zero-order valence-electron chi connectivity index (χ0n) is 7.20. The fraction of sp³-hybridized carbons (Fsp3) is 0.400. The Kier molecular flexibility index (Phi) is 2.29. The number of rotatable bonds is 1. The predicted octanol–water partition coefficient (Wildman–Crippen LogP) is 1.22. The SMILES string of the molecule is O[C@H]1CCN[C@@H]1c1cccc(F)c1. The fourth-order valence-electron chi connectivity index (χ4n) is 1.73. The van der Waals surface area contributed by atoms with E-state index in [0.29, 0.717) is 0 Å². The van der Waals surface area contributed by atoms with E-state index in [1.807, 2.05) is 6.07 Å². The molecule has 2 nitrogen and oxygen atoms in total. The molecule has 2 rings (SSSR count). The van der Waals surface area contributed by atoms with Crippen LogP contribution in [0.4, 0.5) is 4.39 Å². The lowest BCUT2D eigenvalue weighted by molar-refractivity contribution is 0.160. The lowest BCUT2D eigenvalue weighted by atomic mass is 10.0. The van der Waals surface area contributed by atoms with Crippen molar-refractivity contribution in [2.45, 2.75) is 18.6 Å². The summed E-state index contributed by atoms with van der Waals surface area (Å²) in [6, 6.07) is 6.26. The molecule has 0 amide bonds. The van der Waals surface area contributed by atoms with Crippen LogP contribution >= 0.6 is 0 Å². The van der Waals surface area contributed by atoms with Gasteiger partial charge in [0.05, 0.1) is 12.1 Å². The first-order chi connectivity index (χ1) is 6.27. The van der Waals surface area contributed by atoms with E-state index < -0.39 is 0 Å². The van der Waals surface area contributed by atoms with Gasteiger partial charge in [-0.25, -0.2) is 4.39 Å². The van der Waals surface area contributed by atoms with Gasteiger partial charge in [-0.05, 0) is 30.7 Å². The number of halogens is 1. The van der Waals surface area contributed by atoms with Gasteiger partial charge in [0, 0.05) is 0 Å². The zero-order chi connectivity index (χ0) is 9.26. The molecule has 0 aliphatic carbocycles. The molecule has 70 valence electrons. The van der Waals surface area contributed by atoms with Gasteiger partial charge in [-0.1, -0.05) is 12.1 Å². The van der Waals surface area contributed by atoms with Crippen molar-refractivity contribution in [3.05, 3.63) is 35.6 Å². The fourth-order valence-corrected chi connectivity index (χ4v) is 1.73. The second kappa shape index (κ2) is 3.44. The van der Waals surface area contributed by atoms with Crippen molar-refractivity contribution >= 4 is 0 Å². The molecule has 1 saturated heterocycles. The Morgan fingerprint density at radius 1 is 1.46 bits per heavy atom. The summed E-state index contributed by atoms with van der Waals surface area (Å²) >= 11 is 0. The monoisotopic (exact) mass is 181 g/mol. The Morgan fingerprint density at radius 3 is 2.92 bits per heavy atom. The highest BCUT2D eigenvalue weighted by Gasteiger charge is 2.25. The first-order valence-corrected chi connectivity index (χ1v) is 4.44. The van der Waals surface area contributed by atoms with Crippen LogP contribution in [-0.4, -0.2) is 17.8 Å². The van der Waals surface area contributed by atoms with Crippen LogP contribution in [0.25, 0.3) is 0 Å². The van der Waals surface area contributed by atoms with Crippen LogP contribution in [-0.2, 0) is 0 Å². The maximum atomic E-state index is 12.8. The number of hydrogen-bond acceptors (Lipinski definition) is 2. The molecule has 0 spiro atoms. The standard InChI is InChI=1S/C10H12FNO/c11-8-3-1-2-7(6-8)10-9(13)4-5-12-10/h1-3,6,9-10,12-13H,4-5H2/t9-,10+/m0/s1. The van der Waals surface area contributed by atoms with Crippen LogP contribution in [0.1, 0.15) is 18.0 Å². The average molecular weight is 181 g/mol. The Bertz CT molecular complexity index is 303. The van der Waals surface area contributed by atoms with Crippen LogP contribution in [0.3, 0.4) is 0 Å². The molecule has 1 aliphatic heterocycles. The molecule has 0 saturated carbocycles. The molecule has 1 fully saturated rings. The molecule has 2 N–H and O–H groups in total. The molecule has 3 heteroatoms. The number of hydrogen-bond donors (Lipinski definition) is 2. The molecular formula is C10H12FNO. The molecule has 0 radical (unpaired) electrons. The minimum Gasteiger partial charge on any atom is -0.391 e. The Balaban J connectivity index is 2.24. The third-order valence-electron chi connectivity index (χ3n) is 2.40. The van der Waals surface area contributed by atoms with Crippen molar-refractivity contribution in [2.75, 3.05) is 6.54 Å². The van der Waals surface area contributed by atoms with Gasteiger partial charge in [0.1, 0.15) is 5.82 Å². The van der Waals surface area contributed by atoms with E-state index in [1.54, 1.807) is 6.07 Å². The van der Waals surface area contributed by atoms with E-state index in [0.717, 1.165) is 18.5 Å². The largest absolute Gasteiger partial charge is 0.391 e. The summed E-state index contributed by atoms with van der Waals surface area (Å²) in [5, 5.41) is 12.7. The minimum absolute atomic E-state index is 0.101. The van der Waals surface area contributed by atoms with E-state index in [2.05, 4.69) is 5.32 Å². The number of benzene rings is 1. The second-order valence-corrected chi connectivity index (χ2v) is 3.34. The highest BCUT2D eigenvalue weighted by atomic mass is 19.1. The molecule has 0 bridgehead atoms. The third kappa shape index (κ3) is 1.71. The van der Waals surface area contributed by atoms with E-state index in [1.165, 1.54) is 12.1 Å². The van der Waals surface area contributed by atoms with Crippen molar-refractivity contribution in [2.24, 2.45) is 0 Å². The van der Waals surface area contributed by atoms with Gasteiger partial charge >= 0.3 is 0 Å². The molecule has 0 unspecified atom stereocenters. The number of aliphatic hydroxyl groups is 1. The number of nitrogens with one attached hydrogen (secondary N) is 1. The van der Waals surface area contributed by atoms with Crippen molar-refractivity contribution in [3.8, 4) is 0 Å². The van der Waals surface area contributed by atoms with Gasteiger partial charge in [0.25, 0.3) is 0 Å². The highest BCUT2D eigenvalue weighted by Crippen LogP contribution is 2.23. The van der Waals surface area contributed by atoms with E-state index in [-0.39, 0.29) is 18.0 Å².